The number of aryl methyl sites for hydroxylation is 2. The molecule has 17 heavy (non-hydrogen) atoms. The predicted octanol–water partition coefficient (Wildman–Crippen LogP) is 1.30. The minimum absolute atomic E-state index is 0.226. The van der Waals surface area contributed by atoms with Crippen LogP contribution in [0, 0.1) is 6.92 Å². The monoisotopic (exact) mass is 259 g/mol. The molecule has 98 valence electrons. The molecule has 0 amide bonds. The van der Waals surface area contributed by atoms with E-state index in [-0.39, 0.29) is 5.75 Å². The van der Waals surface area contributed by atoms with Gasteiger partial charge in [-0.2, -0.15) is 5.10 Å². The normalized spacial score (nSPS) is 11.9. The molecule has 5 nitrogen and oxygen atoms in total. The number of rotatable bonds is 8. The van der Waals surface area contributed by atoms with Crippen molar-refractivity contribution in [2.75, 3.05) is 12.3 Å². The summed E-state index contributed by atoms with van der Waals surface area (Å²) in [6.07, 6.45) is 4.12. The molecule has 0 bridgehead atoms. The summed E-state index contributed by atoms with van der Waals surface area (Å²) in [5, 5.41) is 4.14. The highest BCUT2D eigenvalue weighted by molar-refractivity contribution is 7.89. The smallest absolute Gasteiger partial charge is 0.211 e. The molecule has 0 aliphatic rings. The summed E-state index contributed by atoms with van der Waals surface area (Å²) >= 11 is 0. The molecule has 1 aromatic rings. The first kappa shape index (κ1) is 14.2. The van der Waals surface area contributed by atoms with Crippen LogP contribution in [0.5, 0.6) is 0 Å². The van der Waals surface area contributed by atoms with Crippen molar-refractivity contribution in [2.45, 2.75) is 39.7 Å². The fraction of sp³-hybridized carbons (Fsp3) is 0.727. The Hall–Kier alpha value is -0.880. The fourth-order valence-electron chi connectivity index (χ4n) is 1.50. The Morgan fingerprint density at radius 2 is 2.18 bits per heavy atom. The molecule has 0 radical (unpaired) electrons. The maximum Gasteiger partial charge on any atom is 0.211 e. The van der Waals surface area contributed by atoms with Crippen molar-refractivity contribution in [3.8, 4) is 0 Å². The number of sulfonamides is 1. The summed E-state index contributed by atoms with van der Waals surface area (Å²) in [6.45, 7) is 5.19. The van der Waals surface area contributed by atoms with E-state index in [1.807, 2.05) is 24.6 Å². The van der Waals surface area contributed by atoms with Crippen LogP contribution in [-0.4, -0.2) is 30.5 Å². The van der Waals surface area contributed by atoms with Crippen LogP contribution in [0.2, 0.25) is 0 Å². The molecule has 1 heterocycles. The van der Waals surface area contributed by atoms with E-state index >= 15 is 0 Å². The Labute approximate surface area is 103 Å². The van der Waals surface area contributed by atoms with Gasteiger partial charge < -0.3 is 0 Å². The van der Waals surface area contributed by atoms with Gasteiger partial charge in [-0.25, -0.2) is 13.1 Å². The van der Waals surface area contributed by atoms with Crippen molar-refractivity contribution in [1.82, 2.24) is 14.5 Å². The molecule has 0 fully saturated rings. The van der Waals surface area contributed by atoms with Gasteiger partial charge in [0.25, 0.3) is 0 Å². The summed E-state index contributed by atoms with van der Waals surface area (Å²) in [4.78, 5) is 0. The number of hydrogen-bond donors (Lipinski definition) is 1. The lowest BCUT2D eigenvalue weighted by Crippen LogP contribution is -2.28. The summed E-state index contributed by atoms with van der Waals surface area (Å²) in [7, 11) is -3.07. The maximum absolute atomic E-state index is 11.5. The molecular formula is C11H21N3O2S. The molecule has 0 aliphatic heterocycles. The second-order valence-corrected chi connectivity index (χ2v) is 6.04. The van der Waals surface area contributed by atoms with E-state index in [1.165, 1.54) is 0 Å². The van der Waals surface area contributed by atoms with Gasteiger partial charge in [0.2, 0.25) is 10.0 Å². The largest absolute Gasteiger partial charge is 0.270 e. The Balaban J connectivity index is 2.22. The van der Waals surface area contributed by atoms with E-state index in [1.54, 1.807) is 6.20 Å². The second kappa shape index (κ2) is 6.76. The van der Waals surface area contributed by atoms with Gasteiger partial charge in [-0.1, -0.05) is 13.3 Å². The van der Waals surface area contributed by atoms with Crippen LogP contribution >= 0.6 is 0 Å². The minimum Gasteiger partial charge on any atom is -0.270 e. The first-order valence-corrected chi connectivity index (χ1v) is 7.66. The van der Waals surface area contributed by atoms with Crippen molar-refractivity contribution < 1.29 is 8.42 Å². The number of nitrogens with one attached hydrogen (secondary N) is 1. The molecule has 0 saturated heterocycles. The van der Waals surface area contributed by atoms with E-state index in [4.69, 9.17) is 0 Å². The standard InChI is InChI=1S/C11H21N3O2S/c1-3-4-10-17(15,16)13-7-5-9-14-11(2)6-8-12-14/h6,8,13H,3-5,7,9-10H2,1-2H3. The first-order valence-electron chi connectivity index (χ1n) is 6.01. The SMILES string of the molecule is CCCCS(=O)(=O)NCCCn1nccc1C. The van der Waals surface area contributed by atoms with Gasteiger partial charge in [-0.3, -0.25) is 4.68 Å². The van der Waals surface area contributed by atoms with Crippen LogP contribution in [-0.2, 0) is 16.6 Å². The highest BCUT2D eigenvalue weighted by Crippen LogP contribution is 1.98. The first-order chi connectivity index (χ1) is 8.05. The molecule has 0 aromatic carbocycles. The Bertz CT molecular complexity index is 426. The van der Waals surface area contributed by atoms with Crippen LogP contribution in [0.25, 0.3) is 0 Å². The van der Waals surface area contributed by atoms with E-state index < -0.39 is 10.0 Å². The van der Waals surface area contributed by atoms with Gasteiger partial charge in [0.05, 0.1) is 5.75 Å². The molecule has 1 N–H and O–H groups in total. The van der Waals surface area contributed by atoms with Crippen molar-refractivity contribution in [2.24, 2.45) is 0 Å². The maximum atomic E-state index is 11.5. The molecule has 0 atom stereocenters. The quantitative estimate of drug-likeness (QED) is 0.716. The number of unbranched alkanes of at least 4 members (excludes halogenated alkanes) is 1. The lowest BCUT2D eigenvalue weighted by atomic mass is 10.4. The van der Waals surface area contributed by atoms with E-state index in [0.29, 0.717) is 13.0 Å². The van der Waals surface area contributed by atoms with Crippen LogP contribution in [0.4, 0.5) is 0 Å². The summed E-state index contributed by atoms with van der Waals surface area (Å²) in [6, 6.07) is 1.94. The molecule has 6 heteroatoms. The zero-order valence-electron chi connectivity index (χ0n) is 10.5. The average Bonchev–Trinajstić information content (AvgIpc) is 2.68. The summed E-state index contributed by atoms with van der Waals surface area (Å²) in [5.41, 5.74) is 1.10. The van der Waals surface area contributed by atoms with Gasteiger partial charge in [-0.05, 0) is 25.8 Å². The van der Waals surface area contributed by atoms with Crippen molar-refractivity contribution in [1.29, 1.82) is 0 Å². The van der Waals surface area contributed by atoms with Gasteiger partial charge in [0, 0.05) is 25.0 Å². The molecule has 0 unspecified atom stereocenters. The van der Waals surface area contributed by atoms with Crippen LogP contribution in [0.1, 0.15) is 31.9 Å². The van der Waals surface area contributed by atoms with Crippen LogP contribution < -0.4 is 4.72 Å². The van der Waals surface area contributed by atoms with Gasteiger partial charge in [-0.15, -0.1) is 0 Å². The number of hydrogen-bond acceptors (Lipinski definition) is 3. The molecule has 1 rings (SSSR count). The summed E-state index contributed by atoms with van der Waals surface area (Å²) in [5.74, 6) is 0.226. The van der Waals surface area contributed by atoms with Gasteiger partial charge >= 0.3 is 0 Å². The zero-order chi connectivity index (χ0) is 12.7. The lowest BCUT2D eigenvalue weighted by Gasteiger charge is -2.07. The number of aromatic nitrogens is 2. The highest BCUT2D eigenvalue weighted by atomic mass is 32.2. The third-order valence-corrected chi connectivity index (χ3v) is 4.03. The van der Waals surface area contributed by atoms with Crippen molar-refractivity contribution >= 4 is 10.0 Å². The average molecular weight is 259 g/mol. The Morgan fingerprint density at radius 1 is 1.41 bits per heavy atom. The third-order valence-electron chi connectivity index (χ3n) is 2.56. The molecular weight excluding hydrogens is 238 g/mol. The number of nitrogens with zero attached hydrogens (tertiary/aromatic N) is 2. The van der Waals surface area contributed by atoms with E-state index in [2.05, 4.69) is 9.82 Å². The Kier molecular flexibility index (Phi) is 5.64. The zero-order valence-corrected chi connectivity index (χ0v) is 11.3. The van der Waals surface area contributed by atoms with Crippen molar-refractivity contribution in [3.05, 3.63) is 18.0 Å². The second-order valence-electron chi connectivity index (χ2n) is 4.12. The van der Waals surface area contributed by atoms with Gasteiger partial charge in [0.1, 0.15) is 0 Å². The van der Waals surface area contributed by atoms with E-state index in [9.17, 15) is 8.42 Å². The van der Waals surface area contributed by atoms with Gasteiger partial charge in [0.15, 0.2) is 0 Å². The lowest BCUT2D eigenvalue weighted by molar-refractivity contribution is 0.545. The van der Waals surface area contributed by atoms with Crippen LogP contribution in [0.3, 0.4) is 0 Å². The van der Waals surface area contributed by atoms with Crippen LogP contribution in [0.15, 0.2) is 12.3 Å². The van der Waals surface area contributed by atoms with E-state index in [0.717, 1.165) is 25.1 Å². The fourth-order valence-corrected chi connectivity index (χ4v) is 2.76. The van der Waals surface area contributed by atoms with Crippen molar-refractivity contribution in [3.63, 3.8) is 0 Å². The molecule has 0 saturated carbocycles. The molecule has 0 spiro atoms. The highest BCUT2D eigenvalue weighted by Gasteiger charge is 2.07. The third kappa shape index (κ3) is 5.32. The molecule has 1 aromatic heterocycles. The molecule has 0 aliphatic carbocycles. The summed E-state index contributed by atoms with van der Waals surface area (Å²) < 4.78 is 27.5. The predicted molar refractivity (Wildman–Crippen MR) is 68.3 cm³/mol. The topological polar surface area (TPSA) is 64.0 Å². The Morgan fingerprint density at radius 3 is 2.76 bits per heavy atom. The minimum atomic E-state index is -3.07.